The van der Waals surface area contributed by atoms with Crippen LogP contribution < -0.4 is 0 Å². The quantitative estimate of drug-likeness (QED) is 0.105. The highest BCUT2D eigenvalue weighted by molar-refractivity contribution is 6.74. The van der Waals surface area contributed by atoms with Crippen molar-refractivity contribution in [1.82, 2.24) is 0 Å². The molecular formula is C78H150F20Si. The summed E-state index contributed by atoms with van der Waals surface area (Å²) in [6.45, 7) is 65.4. The van der Waals surface area contributed by atoms with Gasteiger partial charge in [0.1, 0.15) is 5.82 Å². The van der Waals surface area contributed by atoms with Crippen molar-refractivity contribution in [2.45, 2.75) is 418 Å². The van der Waals surface area contributed by atoms with Crippen LogP contribution in [-0.2, 0) is 0 Å². The smallest absolute Gasteiger partial charge is 0.206 e. The Balaban J connectivity index is -0.000000128. The lowest BCUT2D eigenvalue weighted by atomic mass is 9.72. The second kappa shape index (κ2) is 49.8. The predicted octanol–water partition coefficient (Wildman–Crippen LogP) is 33.5. The molecule has 0 unspecified atom stereocenters. The van der Waals surface area contributed by atoms with Crippen LogP contribution in [0, 0.1) is 86.9 Å². The number of hydrogen-bond donors (Lipinski definition) is 0. The SMILES string of the molecule is CC.CC(C)(C(F)(F)F)C(F)(F)F.CC(C)(C)C.CC(F)(F)C(C)(F)F.CC(F)(F)C(F)(F)C(C)(F)F.CCC(C)(C)C.CCC(C)(C)C.CCC(C)(C)CC.CCC1(C)CCCC1.CCC1CCC(C)(C)CC1.CCC1CCCCC1.C[Si](C)(C)C.Cc1c(F)c(C)c(F)c(F)c1F. The van der Waals surface area contributed by atoms with Crippen LogP contribution in [0.4, 0.5) is 87.8 Å². The summed E-state index contributed by atoms with van der Waals surface area (Å²) in [5.41, 5.74) is -1.05. The summed E-state index contributed by atoms with van der Waals surface area (Å²) >= 11 is 0. The molecule has 3 fully saturated rings. The summed E-state index contributed by atoms with van der Waals surface area (Å²) in [5.74, 6) is -25.9. The fourth-order valence-corrected chi connectivity index (χ4v) is 6.74. The largest absolute Gasteiger partial charge is 0.402 e. The highest BCUT2D eigenvalue weighted by atomic mass is 28.3. The summed E-state index contributed by atoms with van der Waals surface area (Å²) in [6, 6.07) is 0. The van der Waals surface area contributed by atoms with Gasteiger partial charge in [-0.05, 0) is 111 Å². The second-order valence-corrected chi connectivity index (χ2v) is 40.8. The van der Waals surface area contributed by atoms with Gasteiger partial charge in [0.05, 0.1) is 0 Å². The van der Waals surface area contributed by atoms with E-state index < -0.39 is 89.8 Å². The van der Waals surface area contributed by atoms with Crippen LogP contribution >= 0.6 is 0 Å². The minimum Gasteiger partial charge on any atom is -0.206 e. The van der Waals surface area contributed by atoms with Gasteiger partial charge in [-0.3, -0.25) is 0 Å². The van der Waals surface area contributed by atoms with Gasteiger partial charge in [0.15, 0.2) is 22.9 Å². The molecule has 606 valence electrons. The van der Waals surface area contributed by atoms with Crippen molar-refractivity contribution in [1.29, 1.82) is 0 Å². The van der Waals surface area contributed by atoms with Gasteiger partial charge in [-0.25, -0.2) is 35.1 Å². The molecule has 0 heterocycles. The first kappa shape index (κ1) is 115. The summed E-state index contributed by atoms with van der Waals surface area (Å²) in [7, 11) is -0.611. The maximum atomic E-state index is 12.8. The molecule has 4 rings (SSSR count). The molecule has 0 aromatic heterocycles. The molecule has 0 saturated heterocycles. The fourth-order valence-electron chi connectivity index (χ4n) is 6.74. The molecule has 3 aliphatic rings. The Morgan fingerprint density at radius 1 is 0.364 bits per heavy atom. The van der Waals surface area contributed by atoms with E-state index >= 15 is 0 Å². The average molecular weight is 1500 g/mol. The number of rotatable bonds is 8. The van der Waals surface area contributed by atoms with Gasteiger partial charge in [0, 0.05) is 46.9 Å². The first-order valence-electron chi connectivity index (χ1n) is 36.1. The number of halogens is 20. The molecule has 0 radical (unpaired) electrons. The van der Waals surface area contributed by atoms with Crippen LogP contribution in [0.5, 0.6) is 0 Å². The summed E-state index contributed by atoms with van der Waals surface area (Å²) in [6.07, 6.45) is 18.1. The van der Waals surface area contributed by atoms with Crippen molar-refractivity contribution in [3.63, 3.8) is 0 Å². The molecular weight excluding hydrogens is 1340 g/mol. The maximum absolute atomic E-state index is 12.8. The van der Waals surface area contributed by atoms with E-state index in [1.165, 1.54) is 128 Å². The van der Waals surface area contributed by atoms with Crippen molar-refractivity contribution < 1.29 is 87.8 Å². The van der Waals surface area contributed by atoms with Crippen molar-refractivity contribution in [3.8, 4) is 0 Å². The zero-order chi connectivity index (χ0) is 82.3. The molecule has 0 atom stereocenters. The Kier molecular flexibility index (Phi) is 58.0. The van der Waals surface area contributed by atoms with Gasteiger partial charge in [0.2, 0.25) is 0 Å². The second-order valence-electron chi connectivity index (χ2n) is 34.8. The molecule has 1 aromatic rings. The van der Waals surface area contributed by atoms with Gasteiger partial charge in [0.25, 0.3) is 0 Å². The standard InChI is InChI=1S/C10H20.C8H6F4.2C8H16.C7H16.2C6H14.2C5H6F6.C5H12.C4H6F4.C4H12Si.C2H6/c1-4-9-5-7-10(2,3)8-6-9;1-3-5(9)4(2)7(11)8(12)6(3)10;1-3-8(2)6-4-5-7-8;1-2-8-6-4-3-5-7-8;1-5-7(3,4)6-2;2*1-5-6(2,3)4;1-3(6,7)5(10,11)4(2,8)9;1-3(2,4(6,7)8)5(9,10)11;1-5(2,3)4;1-3(5,6)4(2,7)8;1-5(2,3)4;1-2/h9H,4-8H2,1-3H3;1-2H3;3-7H2,1-2H3;8H,2-7H2,1H3;5-6H2,1-4H3;2*5H2,1-4H3;2*1-2H3;1-4H3;1-2H3;1-4H3;1-2H3. The third kappa shape index (κ3) is 64.2. The van der Waals surface area contributed by atoms with Crippen molar-refractivity contribution in [3.05, 3.63) is 34.4 Å². The summed E-state index contributed by atoms with van der Waals surface area (Å²) < 4.78 is 237. The third-order valence-electron chi connectivity index (χ3n) is 17.0. The Labute approximate surface area is 595 Å². The molecule has 1 aromatic carbocycles. The summed E-state index contributed by atoms with van der Waals surface area (Å²) in [5, 5.41) is 0. The summed E-state index contributed by atoms with van der Waals surface area (Å²) in [4.78, 5) is 0. The highest BCUT2D eigenvalue weighted by Crippen LogP contribution is 2.50. The normalized spacial score (nSPS) is 16.1. The van der Waals surface area contributed by atoms with Gasteiger partial charge >= 0.3 is 42.0 Å². The molecule has 3 saturated carbocycles. The van der Waals surface area contributed by atoms with E-state index in [-0.39, 0.29) is 41.5 Å². The minimum absolute atomic E-state index is 0.104. The number of alkyl halides is 16. The van der Waals surface area contributed by atoms with E-state index in [4.69, 9.17) is 0 Å². The minimum atomic E-state index is -5.29. The zero-order valence-electron chi connectivity index (χ0n) is 69.4. The van der Waals surface area contributed by atoms with E-state index in [0.717, 1.165) is 31.1 Å². The van der Waals surface area contributed by atoms with Gasteiger partial charge < -0.3 is 0 Å². The highest BCUT2D eigenvalue weighted by Gasteiger charge is 2.67. The Morgan fingerprint density at radius 3 is 0.737 bits per heavy atom. The molecule has 0 amide bonds. The van der Waals surface area contributed by atoms with Crippen LogP contribution in [0.3, 0.4) is 0 Å². The Morgan fingerprint density at radius 2 is 0.606 bits per heavy atom. The topological polar surface area (TPSA) is 0 Å². The van der Waals surface area contributed by atoms with Gasteiger partial charge in [-0.1, -0.05) is 282 Å². The predicted molar refractivity (Wildman–Crippen MR) is 388 cm³/mol. The third-order valence-corrected chi connectivity index (χ3v) is 17.0. The molecule has 3 aliphatic carbocycles. The van der Waals surface area contributed by atoms with Gasteiger partial charge in [-0.2, -0.15) is 52.7 Å². The lowest BCUT2D eigenvalue weighted by Gasteiger charge is -2.33. The van der Waals surface area contributed by atoms with E-state index in [0.29, 0.717) is 27.1 Å². The van der Waals surface area contributed by atoms with Crippen molar-refractivity contribution in [2.75, 3.05) is 0 Å². The lowest BCUT2D eigenvalue weighted by Crippen LogP contribution is -2.50. The molecule has 21 heteroatoms. The maximum Gasteiger partial charge on any atom is 0.402 e. The first-order valence-corrected chi connectivity index (χ1v) is 40.1. The van der Waals surface area contributed by atoms with Crippen molar-refractivity contribution >= 4 is 8.07 Å². The number of hydrogen-bond acceptors (Lipinski definition) is 0. The zero-order valence-corrected chi connectivity index (χ0v) is 70.4. The van der Waals surface area contributed by atoms with Crippen LogP contribution in [0.2, 0.25) is 26.2 Å². The van der Waals surface area contributed by atoms with E-state index in [1.807, 2.05) is 13.8 Å². The lowest BCUT2D eigenvalue weighted by molar-refractivity contribution is -0.327. The van der Waals surface area contributed by atoms with Crippen LogP contribution in [0.25, 0.3) is 0 Å². The Hall–Kier alpha value is -1.96. The first-order chi connectivity index (χ1) is 43.3. The van der Waals surface area contributed by atoms with Crippen LogP contribution in [-0.4, -0.2) is 50.0 Å². The number of benzene rings is 1. The van der Waals surface area contributed by atoms with Crippen LogP contribution in [0.15, 0.2) is 0 Å². The molecule has 99 heavy (non-hydrogen) atoms. The van der Waals surface area contributed by atoms with Crippen LogP contribution in [0.1, 0.15) is 347 Å². The van der Waals surface area contributed by atoms with E-state index in [1.54, 1.807) is 0 Å². The monoisotopic (exact) mass is 1500 g/mol. The average Bonchev–Trinajstić information content (AvgIpc) is 1.22. The molecule has 0 nitrogen and oxygen atoms in total. The van der Waals surface area contributed by atoms with E-state index in [2.05, 4.69) is 179 Å². The molecule has 0 aliphatic heterocycles. The Bertz CT molecular complexity index is 1860. The van der Waals surface area contributed by atoms with E-state index in [9.17, 15) is 87.8 Å². The molecule has 0 bridgehead atoms. The molecule has 0 spiro atoms. The fraction of sp³-hybridized carbons (Fsp3) is 0.923. The van der Waals surface area contributed by atoms with Gasteiger partial charge in [-0.15, -0.1) is 0 Å². The molecule has 0 N–H and O–H groups in total. The van der Waals surface area contributed by atoms with Crippen molar-refractivity contribution in [2.24, 2.45) is 49.7 Å².